The summed E-state index contributed by atoms with van der Waals surface area (Å²) < 4.78 is 57.4. The highest BCUT2D eigenvalue weighted by atomic mass is 19.4. The summed E-state index contributed by atoms with van der Waals surface area (Å²) in [6, 6.07) is 10.0. The summed E-state index contributed by atoms with van der Waals surface area (Å²) in [4.78, 5) is 11.7. The van der Waals surface area contributed by atoms with Crippen LogP contribution in [0.15, 0.2) is 54.7 Å². The first kappa shape index (κ1) is 19.3. The lowest BCUT2D eigenvalue weighted by atomic mass is 10.1. The largest absolute Gasteiger partial charge is 0.443 e. The third kappa shape index (κ3) is 5.29. The Morgan fingerprint density at radius 3 is 2.61 bits per heavy atom. The molecule has 0 saturated carbocycles. The van der Waals surface area contributed by atoms with Crippen LogP contribution in [0.1, 0.15) is 16.8 Å². The summed E-state index contributed by atoms with van der Waals surface area (Å²) in [7, 11) is 0. The number of amides is 1. The number of hydrogen-bond donors (Lipinski definition) is 1. The molecule has 0 saturated heterocycles. The maximum atomic E-state index is 12.8. The molecular weight excluding hydrogens is 380 g/mol. The van der Waals surface area contributed by atoms with Crippen molar-refractivity contribution in [3.05, 3.63) is 77.4 Å². The lowest BCUT2D eigenvalue weighted by Crippen LogP contribution is -2.13. The zero-order valence-electron chi connectivity index (χ0n) is 14.3. The molecule has 0 bridgehead atoms. The van der Waals surface area contributed by atoms with Crippen LogP contribution < -0.4 is 5.32 Å². The fourth-order valence-corrected chi connectivity index (χ4v) is 2.34. The van der Waals surface area contributed by atoms with Gasteiger partial charge in [-0.2, -0.15) is 13.2 Å². The number of benzene rings is 2. The molecule has 1 N–H and O–H groups in total. The van der Waals surface area contributed by atoms with Gasteiger partial charge in [0.05, 0.1) is 18.3 Å². The number of halogens is 4. The molecular formula is C18H14F4N4O2. The van der Waals surface area contributed by atoms with E-state index in [4.69, 9.17) is 4.74 Å². The van der Waals surface area contributed by atoms with Gasteiger partial charge in [0, 0.05) is 5.69 Å². The molecule has 28 heavy (non-hydrogen) atoms. The van der Waals surface area contributed by atoms with Gasteiger partial charge in [-0.15, -0.1) is 5.10 Å². The van der Waals surface area contributed by atoms with Gasteiger partial charge in [0.2, 0.25) is 0 Å². The van der Waals surface area contributed by atoms with Crippen LogP contribution in [0.2, 0.25) is 0 Å². The quantitative estimate of drug-likeness (QED) is 0.658. The normalized spacial score (nSPS) is 11.3. The Bertz CT molecular complexity index is 955. The van der Waals surface area contributed by atoms with Crippen molar-refractivity contribution in [2.45, 2.75) is 19.3 Å². The van der Waals surface area contributed by atoms with Gasteiger partial charge < -0.3 is 4.74 Å². The van der Waals surface area contributed by atoms with Gasteiger partial charge >= 0.3 is 12.3 Å². The minimum Gasteiger partial charge on any atom is -0.443 e. The van der Waals surface area contributed by atoms with E-state index in [0.29, 0.717) is 16.9 Å². The number of alkyl halides is 3. The lowest BCUT2D eigenvalue weighted by molar-refractivity contribution is -0.137. The van der Waals surface area contributed by atoms with Crippen LogP contribution in [0.4, 0.5) is 28.0 Å². The highest BCUT2D eigenvalue weighted by Gasteiger charge is 2.30. The average molecular weight is 394 g/mol. The van der Waals surface area contributed by atoms with Crippen LogP contribution in [0, 0.1) is 5.82 Å². The Hall–Kier alpha value is -3.43. The second kappa shape index (κ2) is 8.07. The van der Waals surface area contributed by atoms with E-state index in [1.807, 2.05) is 0 Å². The van der Waals surface area contributed by atoms with E-state index >= 15 is 0 Å². The standard InChI is InChI=1S/C18H14F4N4O2/c19-14-4-6-15(7-5-14)23-17(27)28-11-16-10-26(25-24-16)9-12-2-1-3-13(8-12)18(20,21)22/h1-8,10H,9,11H2,(H,23,27). The van der Waals surface area contributed by atoms with Gasteiger partial charge in [-0.1, -0.05) is 17.3 Å². The zero-order chi connectivity index (χ0) is 20.1. The Morgan fingerprint density at radius 2 is 1.89 bits per heavy atom. The molecule has 0 aliphatic heterocycles. The minimum absolute atomic E-state index is 0.0820. The molecule has 3 aromatic rings. The van der Waals surface area contributed by atoms with Crippen molar-refractivity contribution in [1.29, 1.82) is 0 Å². The number of anilines is 1. The predicted octanol–water partition coefficient (Wildman–Crippen LogP) is 4.23. The van der Waals surface area contributed by atoms with Crippen LogP contribution in [0.25, 0.3) is 0 Å². The molecule has 1 amide bonds. The maximum absolute atomic E-state index is 12.8. The first-order valence-electron chi connectivity index (χ1n) is 8.04. The van der Waals surface area contributed by atoms with E-state index in [-0.39, 0.29) is 13.2 Å². The van der Waals surface area contributed by atoms with Gasteiger partial charge in [-0.05, 0) is 42.0 Å². The summed E-state index contributed by atoms with van der Waals surface area (Å²) in [5.41, 5.74) is 0.341. The second-order valence-electron chi connectivity index (χ2n) is 5.81. The van der Waals surface area contributed by atoms with E-state index in [1.54, 1.807) is 6.07 Å². The Morgan fingerprint density at radius 1 is 1.14 bits per heavy atom. The van der Waals surface area contributed by atoms with Crippen molar-refractivity contribution < 1.29 is 27.1 Å². The summed E-state index contributed by atoms with van der Waals surface area (Å²) in [6.07, 6.45) is -3.72. The van der Waals surface area contributed by atoms with Crippen molar-refractivity contribution in [2.75, 3.05) is 5.32 Å². The van der Waals surface area contributed by atoms with Crippen LogP contribution >= 0.6 is 0 Å². The van der Waals surface area contributed by atoms with Crippen molar-refractivity contribution in [3.63, 3.8) is 0 Å². The first-order valence-corrected chi connectivity index (χ1v) is 8.04. The SMILES string of the molecule is O=C(Nc1ccc(F)cc1)OCc1cn(Cc2cccc(C(F)(F)F)c2)nn1. The Labute approximate surface area is 156 Å². The number of nitrogens with one attached hydrogen (secondary N) is 1. The van der Waals surface area contributed by atoms with E-state index in [2.05, 4.69) is 15.6 Å². The number of nitrogens with zero attached hydrogens (tertiary/aromatic N) is 3. The van der Waals surface area contributed by atoms with Crippen molar-refractivity contribution in [3.8, 4) is 0 Å². The molecule has 1 heterocycles. The highest BCUT2D eigenvalue weighted by molar-refractivity contribution is 5.84. The molecule has 10 heteroatoms. The van der Waals surface area contributed by atoms with Crippen LogP contribution in [0.3, 0.4) is 0 Å². The molecule has 3 rings (SSSR count). The number of aromatic nitrogens is 3. The Kier molecular flexibility index (Phi) is 5.57. The van der Waals surface area contributed by atoms with Gasteiger partial charge in [-0.25, -0.2) is 13.9 Å². The molecule has 146 valence electrons. The molecule has 0 fully saturated rings. The van der Waals surface area contributed by atoms with E-state index in [9.17, 15) is 22.4 Å². The zero-order valence-corrected chi connectivity index (χ0v) is 14.3. The summed E-state index contributed by atoms with van der Waals surface area (Å²) in [5, 5.41) is 10.0. The second-order valence-corrected chi connectivity index (χ2v) is 5.81. The van der Waals surface area contributed by atoms with Gasteiger partial charge in [0.1, 0.15) is 18.1 Å². The molecule has 0 spiro atoms. The van der Waals surface area contributed by atoms with E-state index in [0.717, 1.165) is 12.1 Å². The van der Waals surface area contributed by atoms with Crippen molar-refractivity contribution >= 4 is 11.8 Å². The van der Waals surface area contributed by atoms with E-state index < -0.39 is 23.7 Å². The molecule has 0 unspecified atom stereocenters. The number of carbonyl (C=O) groups is 1. The monoisotopic (exact) mass is 394 g/mol. The van der Waals surface area contributed by atoms with Crippen LogP contribution in [0.5, 0.6) is 0 Å². The number of rotatable bonds is 5. The minimum atomic E-state index is -4.42. The smallest absolute Gasteiger partial charge is 0.416 e. The average Bonchev–Trinajstić information content (AvgIpc) is 3.09. The van der Waals surface area contributed by atoms with Gasteiger partial charge in [-0.3, -0.25) is 5.32 Å². The maximum Gasteiger partial charge on any atom is 0.416 e. The fourth-order valence-electron chi connectivity index (χ4n) is 2.34. The summed E-state index contributed by atoms with van der Waals surface area (Å²) in [5.74, 6) is -0.434. The van der Waals surface area contributed by atoms with Crippen molar-refractivity contribution in [2.24, 2.45) is 0 Å². The topological polar surface area (TPSA) is 69.0 Å². The molecule has 0 aliphatic carbocycles. The molecule has 0 aliphatic rings. The molecule has 0 radical (unpaired) electrons. The summed E-state index contributed by atoms with van der Waals surface area (Å²) >= 11 is 0. The summed E-state index contributed by atoms with van der Waals surface area (Å²) in [6.45, 7) is -0.103. The fraction of sp³-hybridized carbons (Fsp3) is 0.167. The molecule has 0 atom stereocenters. The first-order chi connectivity index (χ1) is 13.3. The highest BCUT2D eigenvalue weighted by Crippen LogP contribution is 2.29. The number of hydrogen-bond acceptors (Lipinski definition) is 4. The van der Waals surface area contributed by atoms with E-state index in [1.165, 1.54) is 41.2 Å². The van der Waals surface area contributed by atoms with Crippen molar-refractivity contribution in [1.82, 2.24) is 15.0 Å². The lowest BCUT2D eigenvalue weighted by Gasteiger charge is -2.08. The van der Waals surface area contributed by atoms with Gasteiger partial charge in [0.25, 0.3) is 0 Å². The van der Waals surface area contributed by atoms with Gasteiger partial charge in [0.15, 0.2) is 0 Å². The molecule has 1 aromatic heterocycles. The number of ether oxygens (including phenoxy) is 1. The number of carbonyl (C=O) groups excluding carboxylic acids is 1. The van der Waals surface area contributed by atoms with Crippen LogP contribution in [-0.4, -0.2) is 21.1 Å². The molecule has 2 aromatic carbocycles. The Balaban J connectivity index is 1.54. The predicted molar refractivity (Wildman–Crippen MR) is 90.8 cm³/mol. The molecule has 6 nitrogen and oxygen atoms in total. The third-order valence-electron chi connectivity index (χ3n) is 3.63. The third-order valence-corrected chi connectivity index (χ3v) is 3.63. The van der Waals surface area contributed by atoms with Crippen LogP contribution in [-0.2, 0) is 24.1 Å².